The van der Waals surface area contributed by atoms with E-state index in [0.717, 1.165) is 5.56 Å². The molecule has 0 unspecified atom stereocenters. The zero-order valence-electron chi connectivity index (χ0n) is 8.93. The molecular weight excluding hydrogens is 202 g/mol. The lowest BCUT2D eigenvalue weighted by Crippen LogP contribution is -2.28. The van der Waals surface area contributed by atoms with Crippen LogP contribution in [0.15, 0.2) is 36.4 Å². The molecular formula is C13H13NO2. The number of carbonyl (C=O) groups is 2. The molecule has 0 atom stereocenters. The molecule has 0 spiro atoms. The average Bonchev–Trinajstić information content (AvgIpc) is 2.62. The van der Waals surface area contributed by atoms with Gasteiger partial charge in [-0.05, 0) is 5.56 Å². The first-order valence-electron chi connectivity index (χ1n) is 5.32. The predicted molar refractivity (Wildman–Crippen MR) is 61.4 cm³/mol. The monoisotopic (exact) mass is 215 g/mol. The summed E-state index contributed by atoms with van der Waals surface area (Å²) in [6.07, 6.45) is 4.48. The highest BCUT2D eigenvalue weighted by atomic mass is 16.2. The first kappa shape index (κ1) is 10.6. The van der Waals surface area contributed by atoms with Crippen molar-refractivity contribution in [3.8, 4) is 0 Å². The Labute approximate surface area is 94.4 Å². The highest BCUT2D eigenvalue weighted by Gasteiger charge is 2.27. The number of hydrogen-bond acceptors (Lipinski definition) is 2. The van der Waals surface area contributed by atoms with Crippen molar-refractivity contribution in [1.82, 2.24) is 4.90 Å². The van der Waals surface area contributed by atoms with Gasteiger partial charge in [-0.3, -0.25) is 14.5 Å². The Hall–Kier alpha value is -1.90. The van der Waals surface area contributed by atoms with Crippen molar-refractivity contribution in [3.05, 3.63) is 42.0 Å². The van der Waals surface area contributed by atoms with Crippen LogP contribution in [0, 0.1) is 0 Å². The van der Waals surface area contributed by atoms with Crippen molar-refractivity contribution in [1.29, 1.82) is 0 Å². The number of carbonyl (C=O) groups excluding carboxylic acids is 2. The highest BCUT2D eigenvalue weighted by molar-refractivity contribution is 6.02. The smallest absolute Gasteiger partial charge is 0.229 e. The molecule has 0 bridgehead atoms. The van der Waals surface area contributed by atoms with Gasteiger partial charge in [-0.25, -0.2) is 0 Å². The first-order chi connectivity index (χ1) is 7.77. The second-order valence-electron chi connectivity index (χ2n) is 3.71. The zero-order chi connectivity index (χ0) is 11.4. The van der Waals surface area contributed by atoms with Gasteiger partial charge in [0.25, 0.3) is 0 Å². The van der Waals surface area contributed by atoms with E-state index in [4.69, 9.17) is 0 Å². The summed E-state index contributed by atoms with van der Waals surface area (Å²) in [7, 11) is 0. The average molecular weight is 215 g/mol. The minimum absolute atomic E-state index is 0.0669. The van der Waals surface area contributed by atoms with Gasteiger partial charge in [-0.15, -0.1) is 0 Å². The van der Waals surface area contributed by atoms with Crippen molar-refractivity contribution < 1.29 is 9.59 Å². The fraction of sp³-hybridized carbons (Fsp3) is 0.231. The number of amides is 2. The minimum Gasteiger partial charge on any atom is -0.279 e. The molecule has 3 nitrogen and oxygen atoms in total. The highest BCUT2D eigenvalue weighted by Crippen LogP contribution is 2.11. The third-order valence-electron chi connectivity index (χ3n) is 2.55. The molecule has 0 saturated carbocycles. The Balaban J connectivity index is 1.95. The fourth-order valence-corrected chi connectivity index (χ4v) is 1.68. The lowest BCUT2D eigenvalue weighted by Gasteiger charge is -2.09. The molecule has 2 rings (SSSR count). The van der Waals surface area contributed by atoms with Crippen molar-refractivity contribution in [2.45, 2.75) is 12.8 Å². The van der Waals surface area contributed by atoms with Crippen LogP contribution in [0.4, 0.5) is 0 Å². The maximum Gasteiger partial charge on any atom is 0.229 e. The maximum absolute atomic E-state index is 11.3. The van der Waals surface area contributed by atoms with Gasteiger partial charge in [0, 0.05) is 19.4 Å². The second kappa shape index (κ2) is 4.75. The number of benzene rings is 1. The third kappa shape index (κ3) is 2.37. The Morgan fingerprint density at radius 1 is 1.06 bits per heavy atom. The van der Waals surface area contributed by atoms with E-state index in [-0.39, 0.29) is 11.8 Å². The van der Waals surface area contributed by atoms with Crippen LogP contribution in [-0.4, -0.2) is 23.3 Å². The lowest BCUT2D eigenvalue weighted by molar-refractivity contribution is -0.137. The quantitative estimate of drug-likeness (QED) is 0.721. The molecule has 82 valence electrons. The molecule has 1 aliphatic heterocycles. The van der Waals surface area contributed by atoms with Crippen LogP contribution in [0.1, 0.15) is 18.4 Å². The van der Waals surface area contributed by atoms with Crippen molar-refractivity contribution in [2.24, 2.45) is 0 Å². The normalized spacial score (nSPS) is 16.4. The summed E-state index contributed by atoms with van der Waals surface area (Å²) in [4.78, 5) is 23.9. The Morgan fingerprint density at radius 2 is 1.69 bits per heavy atom. The first-order valence-corrected chi connectivity index (χ1v) is 5.32. The standard InChI is InChI=1S/C13H13NO2/c15-12-8-9-13(16)14(12)10-4-7-11-5-2-1-3-6-11/h1-7H,8-10H2/b7-4+. The summed E-state index contributed by atoms with van der Waals surface area (Å²) in [5, 5.41) is 0. The lowest BCUT2D eigenvalue weighted by atomic mass is 10.2. The number of nitrogens with zero attached hydrogens (tertiary/aromatic N) is 1. The van der Waals surface area contributed by atoms with Crippen LogP contribution in [0.2, 0.25) is 0 Å². The topological polar surface area (TPSA) is 37.4 Å². The van der Waals surface area contributed by atoms with E-state index < -0.39 is 0 Å². The van der Waals surface area contributed by atoms with Crippen LogP contribution in [0.3, 0.4) is 0 Å². The zero-order valence-corrected chi connectivity index (χ0v) is 8.93. The molecule has 1 aliphatic rings. The summed E-state index contributed by atoms with van der Waals surface area (Å²) in [5.74, 6) is -0.134. The molecule has 1 aromatic rings. The summed E-state index contributed by atoms with van der Waals surface area (Å²) in [6.45, 7) is 0.382. The van der Waals surface area contributed by atoms with Crippen molar-refractivity contribution in [2.75, 3.05) is 6.54 Å². The number of rotatable bonds is 3. The van der Waals surface area contributed by atoms with Crippen molar-refractivity contribution in [3.63, 3.8) is 0 Å². The van der Waals surface area contributed by atoms with Gasteiger partial charge in [0.15, 0.2) is 0 Å². The van der Waals surface area contributed by atoms with Crippen LogP contribution >= 0.6 is 0 Å². The van der Waals surface area contributed by atoms with Gasteiger partial charge < -0.3 is 0 Å². The molecule has 2 amide bonds. The van der Waals surface area contributed by atoms with Gasteiger partial charge in [0.1, 0.15) is 0 Å². The number of likely N-dealkylation sites (tertiary alicyclic amines) is 1. The predicted octanol–water partition coefficient (Wildman–Crippen LogP) is 1.85. The van der Waals surface area contributed by atoms with Crippen LogP contribution in [0.5, 0.6) is 0 Å². The minimum atomic E-state index is -0.0669. The van der Waals surface area contributed by atoms with Crippen LogP contribution in [-0.2, 0) is 9.59 Å². The molecule has 0 aliphatic carbocycles. The third-order valence-corrected chi connectivity index (χ3v) is 2.55. The van der Waals surface area contributed by atoms with E-state index in [0.29, 0.717) is 19.4 Å². The molecule has 0 N–H and O–H groups in total. The van der Waals surface area contributed by atoms with Gasteiger partial charge >= 0.3 is 0 Å². The van der Waals surface area contributed by atoms with Gasteiger partial charge in [0.2, 0.25) is 11.8 Å². The van der Waals surface area contributed by atoms with Crippen LogP contribution < -0.4 is 0 Å². The van der Waals surface area contributed by atoms with Crippen molar-refractivity contribution >= 4 is 17.9 Å². The molecule has 1 heterocycles. The van der Waals surface area contributed by atoms with Crippen LogP contribution in [0.25, 0.3) is 6.08 Å². The van der Waals surface area contributed by atoms with E-state index >= 15 is 0 Å². The summed E-state index contributed by atoms with van der Waals surface area (Å²) >= 11 is 0. The molecule has 1 fully saturated rings. The van der Waals surface area contributed by atoms with E-state index in [1.807, 2.05) is 42.5 Å². The van der Waals surface area contributed by atoms with Gasteiger partial charge in [0.05, 0.1) is 0 Å². The van der Waals surface area contributed by atoms with E-state index in [1.165, 1.54) is 4.90 Å². The summed E-state index contributed by atoms with van der Waals surface area (Å²) in [5.41, 5.74) is 1.07. The Kier molecular flexibility index (Phi) is 3.15. The van der Waals surface area contributed by atoms with E-state index in [2.05, 4.69) is 0 Å². The Bertz CT molecular complexity index is 407. The number of hydrogen-bond donors (Lipinski definition) is 0. The number of imide groups is 1. The molecule has 1 aromatic carbocycles. The molecule has 1 saturated heterocycles. The maximum atomic E-state index is 11.3. The molecule has 0 aromatic heterocycles. The largest absolute Gasteiger partial charge is 0.279 e. The van der Waals surface area contributed by atoms with E-state index in [1.54, 1.807) is 0 Å². The SMILES string of the molecule is O=C1CCC(=O)N1C/C=C/c1ccccc1. The fourth-order valence-electron chi connectivity index (χ4n) is 1.68. The van der Waals surface area contributed by atoms with Gasteiger partial charge in [-0.1, -0.05) is 42.5 Å². The molecule has 0 radical (unpaired) electrons. The van der Waals surface area contributed by atoms with E-state index in [9.17, 15) is 9.59 Å². The summed E-state index contributed by atoms with van der Waals surface area (Å²) < 4.78 is 0. The summed E-state index contributed by atoms with van der Waals surface area (Å²) in [6, 6.07) is 9.80. The molecule has 16 heavy (non-hydrogen) atoms. The Morgan fingerprint density at radius 3 is 2.31 bits per heavy atom. The molecule has 3 heteroatoms. The van der Waals surface area contributed by atoms with Gasteiger partial charge in [-0.2, -0.15) is 0 Å². The second-order valence-corrected chi connectivity index (χ2v) is 3.71.